The van der Waals surface area contributed by atoms with Gasteiger partial charge in [-0.2, -0.15) is 0 Å². The van der Waals surface area contributed by atoms with Crippen LogP contribution < -0.4 is 0 Å². The van der Waals surface area contributed by atoms with Gasteiger partial charge in [-0.1, -0.05) is 54.1 Å². The van der Waals surface area contributed by atoms with E-state index in [-0.39, 0.29) is 18.0 Å². The van der Waals surface area contributed by atoms with Crippen molar-refractivity contribution in [2.45, 2.75) is 44.1 Å². The molecule has 1 amide bonds. The molecular weight excluding hydrogens is 360 g/mol. The highest BCUT2D eigenvalue weighted by Crippen LogP contribution is 2.51. The standard InChI is InChI=1S/C22H23ClN2O2/c1-15-7-8-16(11-18(15)23)13-24-10-9-22-20(24)12-21(26)25(22)19(14-27-22)17-5-3-2-4-6-17/h2-8,11,19-20H,9-10,12-14H2,1H3/t19-,20+,22-/m0/s1. The lowest BCUT2D eigenvalue weighted by atomic mass is 10.0. The summed E-state index contributed by atoms with van der Waals surface area (Å²) in [6.45, 7) is 4.32. The lowest BCUT2D eigenvalue weighted by Crippen LogP contribution is -2.48. The van der Waals surface area contributed by atoms with Gasteiger partial charge in [-0.25, -0.2) is 0 Å². The van der Waals surface area contributed by atoms with Gasteiger partial charge >= 0.3 is 0 Å². The number of halogens is 1. The first kappa shape index (κ1) is 17.2. The van der Waals surface area contributed by atoms with Gasteiger partial charge in [0.05, 0.1) is 18.7 Å². The van der Waals surface area contributed by atoms with Crippen LogP contribution in [0.2, 0.25) is 5.02 Å². The number of rotatable bonds is 3. The second-order valence-corrected chi connectivity index (χ2v) is 8.28. The highest BCUT2D eigenvalue weighted by atomic mass is 35.5. The summed E-state index contributed by atoms with van der Waals surface area (Å²) in [5, 5.41) is 0.798. The normalized spacial score (nSPS) is 30.0. The van der Waals surface area contributed by atoms with Crippen LogP contribution in [0, 0.1) is 6.92 Å². The van der Waals surface area contributed by atoms with Gasteiger partial charge in [0.15, 0.2) is 5.72 Å². The molecule has 0 aliphatic carbocycles. The summed E-state index contributed by atoms with van der Waals surface area (Å²) in [5.74, 6) is 0.206. The van der Waals surface area contributed by atoms with E-state index in [1.165, 1.54) is 5.56 Å². The first-order valence-electron chi connectivity index (χ1n) is 9.59. The molecule has 3 aliphatic rings. The molecule has 0 N–H and O–H groups in total. The molecule has 2 aromatic rings. The van der Waals surface area contributed by atoms with Gasteiger partial charge < -0.3 is 9.64 Å². The van der Waals surface area contributed by atoms with Crippen molar-refractivity contribution in [3.63, 3.8) is 0 Å². The Kier molecular flexibility index (Phi) is 4.04. The van der Waals surface area contributed by atoms with Crippen LogP contribution in [0.15, 0.2) is 48.5 Å². The number of nitrogens with zero attached hydrogens (tertiary/aromatic N) is 2. The molecule has 3 heterocycles. The number of ether oxygens (including phenoxy) is 1. The third-order valence-corrected chi connectivity index (χ3v) is 6.78. The van der Waals surface area contributed by atoms with E-state index in [1.54, 1.807) is 0 Å². The number of amides is 1. The zero-order valence-corrected chi connectivity index (χ0v) is 16.2. The van der Waals surface area contributed by atoms with Gasteiger partial charge in [0.1, 0.15) is 0 Å². The number of hydrogen-bond acceptors (Lipinski definition) is 3. The maximum absolute atomic E-state index is 12.9. The molecule has 0 aromatic heterocycles. The topological polar surface area (TPSA) is 32.8 Å². The minimum absolute atomic E-state index is 0.0254. The fraction of sp³-hybridized carbons (Fsp3) is 0.409. The summed E-state index contributed by atoms with van der Waals surface area (Å²) in [6.07, 6.45) is 1.40. The number of carbonyl (C=O) groups is 1. The Morgan fingerprint density at radius 1 is 1.22 bits per heavy atom. The average molecular weight is 383 g/mol. The molecule has 5 rings (SSSR count). The second-order valence-electron chi connectivity index (χ2n) is 7.87. The summed E-state index contributed by atoms with van der Waals surface area (Å²) in [7, 11) is 0. The van der Waals surface area contributed by atoms with Crippen LogP contribution >= 0.6 is 11.6 Å². The fourth-order valence-electron chi connectivity index (χ4n) is 5.01. The molecule has 5 heteroatoms. The van der Waals surface area contributed by atoms with Crippen LogP contribution in [0.5, 0.6) is 0 Å². The van der Waals surface area contributed by atoms with Crippen LogP contribution in [-0.2, 0) is 16.1 Å². The zero-order chi connectivity index (χ0) is 18.6. The smallest absolute Gasteiger partial charge is 0.227 e. The summed E-state index contributed by atoms with van der Waals surface area (Å²) < 4.78 is 6.37. The van der Waals surface area contributed by atoms with Crippen molar-refractivity contribution in [2.75, 3.05) is 13.2 Å². The third kappa shape index (κ3) is 2.62. The van der Waals surface area contributed by atoms with E-state index in [0.717, 1.165) is 35.7 Å². The first-order chi connectivity index (χ1) is 13.1. The Hall–Kier alpha value is -1.88. The minimum atomic E-state index is -0.466. The van der Waals surface area contributed by atoms with Crippen LogP contribution in [0.25, 0.3) is 0 Å². The van der Waals surface area contributed by atoms with Gasteiger partial charge in [0.25, 0.3) is 0 Å². The van der Waals surface area contributed by atoms with Crippen LogP contribution in [0.3, 0.4) is 0 Å². The van der Waals surface area contributed by atoms with Crippen molar-refractivity contribution in [1.29, 1.82) is 0 Å². The van der Waals surface area contributed by atoms with Gasteiger partial charge in [0.2, 0.25) is 5.91 Å². The largest absolute Gasteiger partial charge is 0.351 e. The van der Waals surface area contributed by atoms with E-state index in [2.05, 4.69) is 29.2 Å². The zero-order valence-electron chi connectivity index (χ0n) is 15.4. The maximum Gasteiger partial charge on any atom is 0.227 e. The number of likely N-dealkylation sites (tertiary alicyclic amines) is 1. The van der Waals surface area contributed by atoms with Crippen molar-refractivity contribution >= 4 is 17.5 Å². The second kappa shape index (κ2) is 6.33. The molecule has 0 radical (unpaired) electrons. The highest BCUT2D eigenvalue weighted by molar-refractivity contribution is 6.31. The van der Waals surface area contributed by atoms with E-state index >= 15 is 0 Å². The molecule has 1 spiro atoms. The molecular formula is C22H23ClN2O2. The maximum atomic E-state index is 12.9. The summed E-state index contributed by atoms with van der Waals surface area (Å²) in [4.78, 5) is 17.4. The average Bonchev–Trinajstić information content (AvgIpc) is 3.29. The quantitative estimate of drug-likeness (QED) is 0.806. The Balaban J connectivity index is 1.41. The van der Waals surface area contributed by atoms with Crippen LogP contribution in [0.4, 0.5) is 0 Å². The molecule has 3 saturated heterocycles. The number of hydrogen-bond donors (Lipinski definition) is 0. The Bertz CT molecular complexity index is 887. The van der Waals surface area contributed by atoms with E-state index in [9.17, 15) is 4.79 Å². The predicted molar refractivity (Wildman–Crippen MR) is 104 cm³/mol. The van der Waals surface area contributed by atoms with E-state index in [1.807, 2.05) is 36.1 Å². The molecule has 0 saturated carbocycles. The predicted octanol–water partition coefficient (Wildman–Crippen LogP) is 3.92. The van der Waals surface area contributed by atoms with Crippen LogP contribution in [0.1, 0.15) is 35.6 Å². The molecule has 0 unspecified atom stereocenters. The Morgan fingerprint density at radius 3 is 2.81 bits per heavy atom. The van der Waals surface area contributed by atoms with Crippen LogP contribution in [-0.4, -0.2) is 40.6 Å². The van der Waals surface area contributed by atoms with Gasteiger partial charge in [-0.3, -0.25) is 9.69 Å². The monoisotopic (exact) mass is 382 g/mol. The Morgan fingerprint density at radius 2 is 2.04 bits per heavy atom. The molecule has 3 fully saturated rings. The minimum Gasteiger partial charge on any atom is -0.351 e. The Labute approximate surface area is 164 Å². The first-order valence-corrected chi connectivity index (χ1v) is 9.96. The highest BCUT2D eigenvalue weighted by Gasteiger charge is 2.64. The van der Waals surface area contributed by atoms with Gasteiger partial charge in [0, 0.05) is 31.0 Å². The number of aryl methyl sites for hydroxylation is 1. The van der Waals surface area contributed by atoms with E-state index < -0.39 is 5.72 Å². The molecule has 3 aliphatic heterocycles. The SMILES string of the molecule is Cc1ccc(CN2CC[C@@]34OC[C@@H](c5ccccc5)N3C(=O)C[C@@H]24)cc1Cl. The van der Waals surface area contributed by atoms with E-state index in [0.29, 0.717) is 13.0 Å². The summed E-state index contributed by atoms with van der Waals surface area (Å²) >= 11 is 6.30. The molecule has 140 valence electrons. The molecule has 27 heavy (non-hydrogen) atoms. The lowest BCUT2D eigenvalue weighted by molar-refractivity contribution is -0.138. The molecule has 2 aromatic carbocycles. The third-order valence-electron chi connectivity index (χ3n) is 6.37. The summed E-state index contributed by atoms with van der Waals surface area (Å²) in [5.41, 5.74) is 2.97. The van der Waals surface area contributed by atoms with Gasteiger partial charge in [-0.05, 0) is 29.7 Å². The lowest BCUT2D eigenvalue weighted by Gasteiger charge is -2.33. The van der Waals surface area contributed by atoms with Crippen molar-refractivity contribution in [1.82, 2.24) is 9.80 Å². The fourth-order valence-corrected chi connectivity index (χ4v) is 5.21. The molecule has 4 nitrogen and oxygen atoms in total. The number of carbonyl (C=O) groups excluding carboxylic acids is 1. The van der Waals surface area contributed by atoms with Crippen molar-refractivity contribution in [2.24, 2.45) is 0 Å². The summed E-state index contributed by atoms with van der Waals surface area (Å²) in [6, 6.07) is 16.6. The number of benzene rings is 2. The van der Waals surface area contributed by atoms with Crippen molar-refractivity contribution < 1.29 is 9.53 Å². The molecule has 0 bridgehead atoms. The molecule has 3 atom stereocenters. The van der Waals surface area contributed by atoms with Gasteiger partial charge in [-0.15, -0.1) is 0 Å². The van der Waals surface area contributed by atoms with Crippen molar-refractivity contribution in [3.8, 4) is 0 Å². The van der Waals surface area contributed by atoms with Crippen molar-refractivity contribution in [3.05, 3.63) is 70.2 Å². The van der Waals surface area contributed by atoms with E-state index in [4.69, 9.17) is 16.3 Å².